The first-order valence-corrected chi connectivity index (χ1v) is 7.92. The third-order valence-electron chi connectivity index (χ3n) is 3.15. The van der Waals surface area contributed by atoms with Crippen molar-refractivity contribution in [3.05, 3.63) is 76.2 Å². The van der Waals surface area contributed by atoms with Gasteiger partial charge in [0.1, 0.15) is 24.0 Å². The zero-order valence-electron chi connectivity index (χ0n) is 12.3. The number of thiazole rings is 1. The average Bonchev–Trinajstić information content (AvgIpc) is 3.09. The van der Waals surface area contributed by atoms with Crippen LogP contribution in [0.1, 0.15) is 16.1 Å². The van der Waals surface area contributed by atoms with Gasteiger partial charge < -0.3 is 10.1 Å². The molecule has 0 aliphatic rings. The highest BCUT2D eigenvalue weighted by Crippen LogP contribution is 2.19. The first-order chi connectivity index (χ1) is 11.6. The van der Waals surface area contributed by atoms with Gasteiger partial charge in [0.05, 0.1) is 16.9 Å². The van der Waals surface area contributed by atoms with Gasteiger partial charge in [-0.3, -0.25) is 4.79 Å². The van der Waals surface area contributed by atoms with E-state index in [4.69, 9.17) is 4.74 Å². The van der Waals surface area contributed by atoms with E-state index in [-0.39, 0.29) is 5.69 Å². The number of nitrogens with zero attached hydrogens (tertiary/aromatic N) is 1. The Morgan fingerprint density at radius 1 is 1.21 bits per heavy atom. The molecule has 0 aliphatic carbocycles. The molecule has 1 amide bonds. The summed E-state index contributed by atoms with van der Waals surface area (Å²) >= 11 is 1.47. The number of amides is 1. The molecule has 122 valence electrons. The second kappa shape index (κ2) is 7.18. The second-order valence-electron chi connectivity index (χ2n) is 4.87. The quantitative estimate of drug-likeness (QED) is 0.751. The maximum absolute atomic E-state index is 13.6. The Morgan fingerprint density at radius 3 is 2.83 bits per heavy atom. The summed E-state index contributed by atoms with van der Waals surface area (Å²) in [5, 5.41) is 4.27. The molecule has 0 atom stereocenters. The molecular weight excluding hydrogens is 334 g/mol. The van der Waals surface area contributed by atoms with Crippen molar-refractivity contribution in [3.63, 3.8) is 0 Å². The number of ether oxygens (including phenoxy) is 1. The number of halogens is 2. The molecule has 0 spiro atoms. The third kappa shape index (κ3) is 3.94. The van der Waals surface area contributed by atoms with Crippen LogP contribution in [0.2, 0.25) is 0 Å². The van der Waals surface area contributed by atoms with Gasteiger partial charge in [0, 0.05) is 17.0 Å². The van der Waals surface area contributed by atoms with E-state index in [0.29, 0.717) is 24.0 Å². The highest BCUT2D eigenvalue weighted by molar-refractivity contribution is 7.07. The van der Waals surface area contributed by atoms with Crippen LogP contribution in [0.3, 0.4) is 0 Å². The van der Waals surface area contributed by atoms with Crippen molar-refractivity contribution in [1.82, 2.24) is 4.98 Å². The molecule has 1 heterocycles. The lowest BCUT2D eigenvalue weighted by Gasteiger charge is -2.09. The number of benzene rings is 2. The molecule has 2 aromatic carbocycles. The lowest BCUT2D eigenvalue weighted by Crippen LogP contribution is -2.13. The van der Waals surface area contributed by atoms with E-state index < -0.39 is 17.5 Å². The summed E-state index contributed by atoms with van der Waals surface area (Å²) in [7, 11) is 0. The lowest BCUT2D eigenvalue weighted by molar-refractivity contribution is 0.102. The summed E-state index contributed by atoms with van der Waals surface area (Å²) in [4.78, 5) is 16.3. The zero-order chi connectivity index (χ0) is 16.9. The van der Waals surface area contributed by atoms with Crippen LogP contribution in [0, 0.1) is 11.6 Å². The first-order valence-electron chi connectivity index (χ1n) is 6.98. The summed E-state index contributed by atoms with van der Waals surface area (Å²) in [6.07, 6.45) is 0. The Hall–Kier alpha value is -2.80. The number of rotatable bonds is 5. The maximum atomic E-state index is 13.6. The van der Waals surface area contributed by atoms with E-state index in [1.807, 2.05) is 5.38 Å². The predicted octanol–water partition coefficient (Wildman–Crippen LogP) is 4.25. The Balaban J connectivity index is 1.69. The largest absolute Gasteiger partial charge is 0.487 e. The van der Waals surface area contributed by atoms with Crippen LogP contribution in [-0.4, -0.2) is 10.9 Å². The Kier molecular flexibility index (Phi) is 4.81. The van der Waals surface area contributed by atoms with Gasteiger partial charge in [-0.2, -0.15) is 0 Å². The van der Waals surface area contributed by atoms with Crippen molar-refractivity contribution in [3.8, 4) is 5.75 Å². The number of nitrogens with one attached hydrogen (secondary N) is 1. The Labute approximate surface area is 140 Å². The highest BCUT2D eigenvalue weighted by atomic mass is 32.1. The Bertz CT molecular complexity index is 854. The van der Waals surface area contributed by atoms with Crippen molar-refractivity contribution in [2.24, 2.45) is 0 Å². The molecule has 1 N–H and O–H groups in total. The van der Waals surface area contributed by atoms with E-state index in [1.165, 1.54) is 17.4 Å². The number of hydrogen-bond acceptors (Lipinski definition) is 4. The third-order valence-corrected chi connectivity index (χ3v) is 3.78. The topological polar surface area (TPSA) is 51.2 Å². The molecule has 0 saturated heterocycles. The standard InChI is InChI=1S/C17H12F2N2O2S/c18-12-4-5-16(15(19)7-12)21-17(22)11-2-1-3-14(6-11)23-8-13-9-24-10-20-13/h1-7,9-10H,8H2,(H,21,22). The van der Waals surface area contributed by atoms with Gasteiger partial charge in [0.25, 0.3) is 5.91 Å². The number of aromatic nitrogens is 1. The van der Waals surface area contributed by atoms with Crippen LogP contribution < -0.4 is 10.1 Å². The fraction of sp³-hybridized carbons (Fsp3) is 0.0588. The minimum absolute atomic E-state index is 0.0878. The molecule has 0 bridgehead atoms. The van der Waals surface area contributed by atoms with Crippen LogP contribution in [0.5, 0.6) is 5.75 Å². The van der Waals surface area contributed by atoms with Crippen LogP contribution in [0.4, 0.5) is 14.5 Å². The molecule has 3 rings (SSSR count). The molecular formula is C17H12F2N2O2S. The monoisotopic (exact) mass is 346 g/mol. The van der Waals surface area contributed by atoms with E-state index >= 15 is 0 Å². The van der Waals surface area contributed by atoms with Crippen LogP contribution in [0.15, 0.2) is 53.4 Å². The van der Waals surface area contributed by atoms with Crippen molar-refractivity contribution in [1.29, 1.82) is 0 Å². The molecule has 0 unspecified atom stereocenters. The molecule has 0 fully saturated rings. The van der Waals surface area contributed by atoms with Crippen molar-refractivity contribution >= 4 is 22.9 Å². The molecule has 1 aromatic heterocycles. The fourth-order valence-corrected chi connectivity index (χ4v) is 2.52. The van der Waals surface area contributed by atoms with Gasteiger partial charge in [0.15, 0.2) is 0 Å². The lowest BCUT2D eigenvalue weighted by atomic mass is 10.2. The number of anilines is 1. The fourth-order valence-electron chi connectivity index (χ4n) is 1.98. The zero-order valence-corrected chi connectivity index (χ0v) is 13.1. The first kappa shape index (κ1) is 16.1. The molecule has 0 saturated carbocycles. The predicted molar refractivity (Wildman–Crippen MR) is 87.2 cm³/mol. The van der Waals surface area contributed by atoms with Gasteiger partial charge in [-0.15, -0.1) is 11.3 Å². The van der Waals surface area contributed by atoms with Crippen molar-refractivity contribution in [2.75, 3.05) is 5.32 Å². The van der Waals surface area contributed by atoms with Gasteiger partial charge in [-0.1, -0.05) is 6.07 Å². The summed E-state index contributed by atoms with van der Waals surface area (Å²) in [5.41, 5.74) is 2.72. The van der Waals surface area contributed by atoms with Gasteiger partial charge in [-0.05, 0) is 30.3 Å². The maximum Gasteiger partial charge on any atom is 0.255 e. The molecule has 7 heteroatoms. The molecule has 4 nitrogen and oxygen atoms in total. The molecule has 0 radical (unpaired) electrons. The summed E-state index contributed by atoms with van der Waals surface area (Å²) in [6, 6.07) is 9.45. The van der Waals surface area contributed by atoms with Crippen LogP contribution >= 0.6 is 11.3 Å². The minimum Gasteiger partial charge on any atom is -0.487 e. The normalized spacial score (nSPS) is 10.4. The Morgan fingerprint density at radius 2 is 2.08 bits per heavy atom. The summed E-state index contributed by atoms with van der Waals surface area (Å²) in [6.45, 7) is 0.293. The summed E-state index contributed by atoms with van der Waals surface area (Å²) in [5.74, 6) is -1.56. The number of carbonyl (C=O) groups is 1. The SMILES string of the molecule is O=C(Nc1ccc(F)cc1F)c1cccc(OCc2cscn2)c1. The smallest absolute Gasteiger partial charge is 0.255 e. The minimum atomic E-state index is -0.834. The number of hydrogen-bond donors (Lipinski definition) is 1. The van der Waals surface area contributed by atoms with E-state index in [2.05, 4.69) is 10.3 Å². The average molecular weight is 346 g/mol. The molecule has 24 heavy (non-hydrogen) atoms. The van der Waals surface area contributed by atoms with E-state index in [1.54, 1.807) is 29.8 Å². The van der Waals surface area contributed by atoms with E-state index in [9.17, 15) is 13.6 Å². The molecule has 0 aliphatic heterocycles. The van der Waals surface area contributed by atoms with Crippen molar-refractivity contribution in [2.45, 2.75) is 6.61 Å². The van der Waals surface area contributed by atoms with Gasteiger partial charge in [-0.25, -0.2) is 13.8 Å². The van der Waals surface area contributed by atoms with Crippen molar-refractivity contribution < 1.29 is 18.3 Å². The molecule has 3 aromatic rings. The van der Waals surface area contributed by atoms with E-state index in [0.717, 1.165) is 11.8 Å². The second-order valence-corrected chi connectivity index (χ2v) is 5.59. The van der Waals surface area contributed by atoms with Crippen LogP contribution in [0.25, 0.3) is 0 Å². The number of carbonyl (C=O) groups excluding carboxylic acids is 1. The van der Waals surface area contributed by atoms with Gasteiger partial charge in [0.2, 0.25) is 0 Å². The van der Waals surface area contributed by atoms with Crippen LogP contribution in [-0.2, 0) is 6.61 Å². The summed E-state index contributed by atoms with van der Waals surface area (Å²) < 4.78 is 32.1. The van der Waals surface area contributed by atoms with Gasteiger partial charge >= 0.3 is 0 Å². The highest BCUT2D eigenvalue weighted by Gasteiger charge is 2.11.